The molecule has 0 aliphatic carbocycles. The Morgan fingerprint density at radius 3 is 3.00 bits per heavy atom. The van der Waals surface area contributed by atoms with Crippen LogP contribution in [0, 0.1) is 0 Å². The maximum atomic E-state index is 6.00. The fraction of sp³-hybridized carbons (Fsp3) is 0.0769. The van der Waals surface area contributed by atoms with Crippen molar-refractivity contribution in [2.24, 2.45) is 0 Å². The van der Waals surface area contributed by atoms with E-state index in [9.17, 15) is 0 Å². The summed E-state index contributed by atoms with van der Waals surface area (Å²) in [6, 6.07) is 9.07. The average molecular weight is 340 g/mol. The van der Waals surface area contributed by atoms with Crippen LogP contribution in [0.25, 0.3) is 11.2 Å². The third kappa shape index (κ3) is 2.72. The van der Waals surface area contributed by atoms with Crippen molar-refractivity contribution in [1.29, 1.82) is 0 Å². The number of oxazole rings is 1. The Kier molecular flexibility index (Phi) is 3.40. The van der Waals surface area contributed by atoms with Crippen LogP contribution in [0.15, 0.2) is 45.4 Å². The number of pyridine rings is 1. The third-order valence-electron chi connectivity index (χ3n) is 2.45. The van der Waals surface area contributed by atoms with Crippen molar-refractivity contribution in [3.63, 3.8) is 0 Å². The highest BCUT2D eigenvalue weighted by Crippen LogP contribution is 2.24. The van der Waals surface area contributed by atoms with E-state index in [0.717, 1.165) is 4.47 Å². The summed E-state index contributed by atoms with van der Waals surface area (Å²) in [6.45, 7) is 0.206. The van der Waals surface area contributed by atoms with Crippen molar-refractivity contribution >= 4 is 38.8 Å². The number of nitrogens with zero attached hydrogens (tertiary/aromatic N) is 2. The zero-order valence-corrected chi connectivity index (χ0v) is 12.0. The number of para-hydroxylation sites is 1. The second kappa shape index (κ2) is 5.19. The lowest BCUT2D eigenvalue weighted by Crippen LogP contribution is -1.95. The molecule has 0 spiro atoms. The Balaban J connectivity index is 1.80. The molecule has 0 atom stereocenters. The van der Waals surface area contributed by atoms with Crippen LogP contribution in [-0.2, 0) is 6.61 Å². The molecule has 96 valence electrons. The molecule has 1 aromatic carbocycles. The number of benzene rings is 1. The molecule has 6 heteroatoms. The minimum atomic E-state index is 0.206. The minimum absolute atomic E-state index is 0.206. The van der Waals surface area contributed by atoms with Crippen LogP contribution in [0.5, 0.6) is 5.75 Å². The summed E-state index contributed by atoms with van der Waals surface area (Å²) in [5.41, 5.74) is 1.17. The molecule has 2 aromatic heterocycles. The molecule has 19 heavy (non-hydrogen) atoms. The summed E-state index contributed by atoms with van der Waals surface area (Å²) < 4.78 is 11.9. The van der Waals surface area contributed by atoms with Gasteiger partial charge in [-0.15, -0.1) is 0 Å². The molecular weight excluding hydrogens is 332 g/mol. The first kappa shape index (κ1) is 12.4. The predicted octanol–water partition coefficient (Wildman–Crippen LogP) is 4.22. The lowest BCUT2D eigenvalue weighted by atomic mass is 10.3. The molecule has 0 saturated carbocycles. The Hall–Kier alpha value is -1.59. The van der Waals surface area contributed by atoms with Gasteiger partial charge in [-0.05, 0) is 28.1 Å². The van der Waals surface area contributed by atoms with Crippen molar-refractivity contribution in [3.05, 3.63) is 51.9 Å². The van der Waals surface area contributed by atoms with Gasteiger partial charge in [-0.3, -0.25) is 0 Å². The number of fused-ring (bicyclic) bond motifs is 1. The molecule has 0 unspecified atom stereocenters. The Morgan fingerprint density at radius 2 is 2.16 bits per heavy atom. The van der Waals surface area contributed by atoms with Gasteiger partial charge in [0.1, 0.15) is 5.75 Å². The van der Waals surface area contributed by atoms with Crippen LogP contribution in [0.4, 0.5) is 0 Å². The van der Waals surface area contributed by atoms with Crippen molar-refractivity contribution < 1.29 is 9.15 Å². The van der Waals surface area contributed by atoms with Crippen LogP contribution in [0.2, 0.25) is 5.02 Å². The molecule has 0 saturated heterocycles. The van der Waals surface area contributed by atoms with Gasteiger partial charge in [0.25, 0.3) is 0 Å². The average Bonchev–Trinajstić information content (AvgIpc) is 2.79. The molecule has 0 aliphatic heterocycles. The minimum Gasteiger partial charge on any atom is -0.482 e. The van der Waals surface area contributed by atoms with Crippen LogP contribution in [0.3, 0.4) is 0 Å². The smallest absolute Gasteiger partial charge is 0.235 e. The molecule has 3 aromatic rings. The lowest BCUT2D eigenvalue weighted by molar-refractivity contribution is 0.267. The van der Waals surface area contributed by atoms with Crippen molar-refractivity contribution in [3.8, 4) is 5.75 Å². The van der Waals surface area contributed by atoms with Gasteiger partial charge in [0.05, 0.1) is 5.02 Å². The van der Waals surface area contributed by atoms with E-state index in [1.54, 1.807) is 18.3 Å². The van der Waals surface area contributed by atoms with E-state index in [0.29, 0.717) is 27.9 Å². The molecular formula is C13H8BrClN2O2. The molecule has 0 amide bonds. The Labute approximate surface area is 122 Å². The van der Waals surface area contributed by atoms with Gasteiger partial charge in [0.15, 0.2) is 17.8 Å². The van der Waals surface area contributed by atoms with E-state index in [1.807, 2.05) is 18.2 Å². The number of hydrogen-bond donors (Lipinski definition) is 0. The van der Waals surface area contributed by atoms with Crippen LogP contribution >= 0.6 is 27.5 Å². The summed E-state index contributed by atoms with van der Waals surface area (Å²) in [5, 5.41) is 0.555. The summed E-state index contributed by atoms with van der Waals surface area (Å²) in [6.07, 6.45) is 1.67. The molecule has 4 nitrogen and oxygen atoms in total. The van der Waals surface area contributed by atoms with E-state index in [4.69, 9.17) is 20.8 Å². The fourth-order valence-electron chi connectivity index (χ4n) is 1.60. The maximum absolute atomic E-state index is 6.00. The summed E-state index contributed by atoms with van der Waals surface area (Å²) in [7, 11) is 0. The number of hydrogen-bond acceptors (Lipinski definition) is 4. The van der Waals surface area contributed by atoms with E-state index < -0.39 is 0 Å². The van der Waals surface area contributed by atoms with Gasteiger partial charge in [-0.1, -0.05) is 23.7 Å². The van der Waals surface area contributed by atoms with Gasteiger partial charge in [0, 0.05) is 16.7 Å². The van der Waals surface area contributed by atoms with Gasteiger partial charge >= 0.3 is 0 Å². The normalized spacial score (nSPS) is 10.8. The standard InChI is InChI=1S/C13H8BrClN2O2/c14-8-5-11-13(16-6-8)17-12(19-11)7-18-10-4-2-1-3-9(10)15/h1-6H,7H2. The van der Waals surface area contributed by atoms with Crippen molar-refractivity contribution in [2.45, 2.75) is 6.61 Å². The molecule has 0 aliphatic rings. The van der Waals surface area contributed by atoms with Gasteiger partial charge in [-0.25, -0.2) is 4.98 Å². The van der Waals surface area contributed by atoms with E-state index >= 15 is 0 Å². The Morgan fingerprint density at radius 1 is 1.32 bits per heavy atom. The first-order valence-corrected chi connectivity index (χ1v) is 6.68. The predicted molar refractivity (Wildman–Crippen MR) is 75.3 cm³/mol. The second-order valence-electron chi connectivity index (χ2n) is 3.80. The van der Waals surface area contributed by atoms with E-state index in [-0.39, 0.29) is 6.61 Å². The highest BCUT2D eigenvalue weighted by atomic mass is 79.9. The zero-order chi connectivity index (χ0) is 13.2. The molecule has 0 bridgehead atoms. The molecule has 0 fully saturated rings. The lowest BCUT2D eigenvalue weighted by Gasteiger charge is -2.04. The van der Waals surface area contributed by atoms with Gasteiger partial charge < -0.3 is 9.15 Å². The molecule has 0 radical (unpaired) electrons. The topological polar surface area (TPSA) is 48.2 Å². The van der Waals surface area contributed by atoms with Crippen LogP contribution in [-0.4, -0.2) is 9.97 Å². The van der Waals surface area contributed by atoms with Crippen LogP contribution < -0.4 is 4.74 Å². The van der Waals surface area contributed by atoms with E-state index in [2.05, 4.69) is 25.9 Å². The molecule has 2 heterocycles. The third-order valence-corrected chi connectivity index (χ3v) is 3.19. The Bertz CT molecular complexity index is 729. The molecule has 0 N–H and O–H groups in total. The SMILES string of the molecule is Clc1ccccc1OCc1nc2ncc(Br)cc2o1. The zero-order valence-electron chi connectivity index (χ0n) is 9.64. The van der Waals surface area contributed by atoms with Gasteiger partial charge in [0.2, 0.25) is 5.89 Å². The van der Waals surface area contributed by atoms with Crippen LogP contribution in [0.1, 0.15) is 5.89 Å². The van der Waals surface area contributed by atoms with Gasteiger partial charge in [-0.2, -0.15) is 4.98 Å². The summed E-state index contributed by atoms with van der Waals surface area (Å²) >= 11 is 9.32. The fourth-order valence-corrected chi connectivity index (χ4v) is 2.10. The van der Waals surface area contributed by atoms with Crippen molar-refractivity contribution in [1.82, 2.24) is 9.97 Å². The second-order valence-corrected chi connectivity index (χ2v) is 5.12. The monoisotopic (exact) mass is 338 g/mol. The number of halogens is 2. The van der Waals surface area contributed by atoms with Crippen molar-refractivity contribution in [2.75, 3.05) is 0 Å². The number of ether oxygens (including phenoxy) is 1. The quantitative estimate of drug-likeness (QED) is 0.717. The number of aromatic nitrogens is 2. The highest BCUT2D eigenvalue weighted by molar-refractivity contribution is 9.10. The first-order chi connectivity index (χ1) is 9.22. The first-order valence-electron chi connectivity index (χ1n) is 5.50. The summed E-state index contributed by atoms with van der Waals surface area (Å²) in [5.74, 6) is 1.06. The number of rotatable bonds is 3. The largest absolute Gasteiger partial charge is 0.482 e. The maximum Gasteiger partial charge on any atom is 0.235 e. The summed E-state index contributed by atoms with van der Waals surface area (Å²) in [4.78, 5) is 8.37. The van der Waals surface area contributed by atoms with E-state index in [1.165, 1.54) is 0 Å². The highest BCUT2D eigenvalue weighted by Gasteiger charge is 2.09. The molecule has 3 rings (SSSR count).